The minimum atomic E-state index is -4.90. The summed E-state index contributed by atoms with van der Waals surface area (Å²) in [5.41, 5.74) is 1.83. The van der Waals surface area contributed by atoms with Crippen LogP contribution in [0.5, 0.6) is 0 Å². The minimum Gasteiger partial charge on any atom is -0.359 e. The average Bonchev–Trinajstić information content (AvgIpc) is 3.10. The van der Waals surface area contributed by atoms with Gasteiger partial charge in [0, 0.05) is 12.6 Å². The van der Waals surface area contributed by atoms with Gasteiger partial charge in [0.25, 0.3) is 5.69 Å². The molecule has 1 fully saturated rings. The SMILES string of the molecule is Cc1ccccc1C1CCCN1c1ccc(S(=O)(=O)C(F)F)cc1[N+](=O)[O-]. The second-order valence-corrected chi connectivity index (χ2v) is 8.34. The lowest BCUT2D eigenvalue weighted by molar-refractivity contribution is -0.384. The highest BCUT2D eigenvalue weighted by molar-refractivity contribution is 7.91. The molecule has 6 nitrogen and oxygen atoms in total. The van der Waals surface area contributed by atoms with Gasteiger partial charge < -0.3 is 4.90 Å². The topological polar surface area (TPSA) is 80.5 Å². The van der Waals surface area contributed by atoms with Crippen molar-refractivity contribution in [3.8, 4) is 0 Å². The summed E-state index contributed by atoms with van der Waals surface area (Å²) in [4.78, 5) is 11.9. The molecule has 1 heterocycles. The van der Waals surface area contributed by atoms with Gasteiger partial charge in [-0.2, -0.15) is 8.78 Å². The fourth-order valence-electron chi connectivity index (χ4n) is 3.51. The smallest absolute Gasteiger partial charge is 0.341 e. The van der Waals surface area contributed by atoms with Gasteiger partial charge in [-0.15, -0.1) is 0 Å². The molecule has 1 saturated heterocycles. The quantitative estimate of drug-likeness (QED) is 0.558. The molecule has 1 atom stereocenters. The Hall–Kier alpha value is -2.55. The molecular weight excluding hydrogens is 378 g/mol. The first-order chi connectivity index (χ1) is 12.7. The maximum absolute atomic E-state index is 12.8. The third kappa shape index (κ3) is 3.51. The molecule has 0 amide bonds. The van der Waals surface area contributed by atoms with Gasteiger partial charge in [-0.3, -0.25) is 10.1 Å². The van der Waals surface area contributed by atoms with Crippen molar-refractivity contribution >= 4 is 21.2 Å². The Morgan fingerprint density at radius 2 is 1.93 bits per heavy atom. The summed E-state index contributed by atoms with van der Waals surface area (Å²) in [7, 11) is -4.90. The van der Waals surface area contributed by atoms with E-state index in [1.54, 1.807) is 0 Å². The molecule has 3 rings (SSSR count). The second kappa shape index (κ2) is 7.22. The van der Waals surface area contributed by atoms with Gasteiger partial charge in [-0.05, 0) is 43.0 Å². The molecule has 0 aromatic heterocycles. The Balaban J connectivity index is 2.08. The molecule has 0 radical (unpaired) electrons. The highest BCUT2D eigenvalue weighted by Gasteiger charge is 2.34. The maximum atomic E-state index is 12.8. The summed E-state index contributed by atoms with van der Waals surface area (Å²) < 4.78 is 49.0. The third-order valence-corrected chi connectivity index (χ3v) is 6.20. The molecule has 144 valence electrons. The van der Waals surface area contributed by atoms with Crippen molar-refractivity contribution in [2.24, 2.45) is 0 Å². The summed E-state index contributed by atoms with van der Waals surface area (Å²) >= 11 is 0. The number of aryl methyl sites for hydroxylation is 1. The van der Waals surface area contributed by atoms with Crippen molar-refractivity contribution in [1.29, 1.82) is 0 Å². The summed E-state index contributed by atoms with van der Waals surface area (Å²) in [5.74, 6) is -3.63. The molecular formula is C18H18F2N2O4S. The number of hydrogen-bond acceptors (Lipinski definition) is 5. The Kier molecular flexibility index (Phi) is 5.14. The van der Waals surface area contributed by atoms with E-state index in [4.69, 9.17) is 0 Å². The Morgan fingerprint density at radius 1 is 1.22 bits per heavy atom. The Bertz CT molecular complexity index is 979. The van der Waals surface area contributed by atoms with E-state index in [9.17, 15) is 27.3 Å². The zero-order valence-electron chi connectivity index (χ0n) is 14.5. The van der Waals surface area contributed by atoms with Gasteiger partial charge in [-0.1, -0.05) is 24.3 Å². The number of benzene rings is 2. The van der Waals surface area contributed by atoms with Gasteiger partial charge >= 0.3 is 5.76 Å². The largest absolute Gasteiger partial charge is 0.359 e. The monoisotopic (exact) mass is 396 g/mol. The zero-order valence-corrected chi connectivity index (χ0v) is 15.3. The predicted octanol–water partition coefficient (Wildman–Crippen LogP) is 4.24. The van der Waals surface area contributed by atoms with Gasteiger partial charge in [0.15, 0.2) is 0 Å². The number of rotatable bonds is 5. The van der Waals surface area contributed by atoms with Crippen LogP contribution in [0.1, 0.15) is 30.0 Å². The molecule has 9 heteroatoms. The maximum Gasteiger partial charge on any atom is 0.341 e. The van der Waals surface area contributed by atoms with Crippen LogP contribution in [0.2, 0.25) is 0 Å². The number of nitrogens with zero attached hydrogens (tertiary/aromatic N) is 2. The van der Waals surface area contributed by atoms with E-state index in [2.05, 4.69) is 0 Å². The number of anilines is 1. The normalized spacial score (nSPS) is 17.5. The van der Waals surface area contributed by atoms with Gasteiger partial charge in [0.1, 0.15) is 5.69 Å². The van der Waals surface area contributed by atoms with E-state index in [0.717, 1.165) is 36.1 Å². The molecule has 0 N–H and O–H groups in total. The lowest BCUT2D eigenvalue weighted by Crippen LogP contribution is -2.24. The van der Waals surface area contributed by atoms with Gasteiger partial charge in [0.2, 0.25) is 9.84 Å². The van der Waals surface area contributed by atoms with Crippen LogP contribution < -0.4 is 4.90 Å². The molecule has 2 aromatic rings. The third-order valence-electron chi connectivity index (χ3n) is 4.82. The van der Waals surface area contributed by atoms with Crippen LogP contribution in [0.4, 0.5) is 20.2 Å². The van der Waals surface area contributed by atoms with E-state index in [1.165, 1.54) is 6.07 Å². The number of halogens is 2. The first-order valence-corrected chi connectivity index (χ1v) is 9.91. The van der Waals surface area contributed by atoms with Crippen LogP contribution in [0.25, 0.3) is 0 Å². The number of sulfone groups is 1. The van der Waals surface area contributed by atoms with Crippen molar-refractivity contribution in [2.75, 3.05) is 11.4 Å². The number of nitro benzene ring substituents is 1. The van der Waals surface area contributed by atoms with E-state index in [0.29, 0.717) is 6.54 Å². The summed E-state index contributed by atoms with van der Waals surface area (Å²) in [6.45, 7) is 2.51. The van der Waals surface area contributed by atoms with Crippen molar-refractivity contribution in [3.63, 3.8) is 0 Å². The molecule has 1 aliphatic rings. The highest BCUT2D eigenvalue weighted by atomic mass is 32.2. The standard InChI is InChI=1S/C18H18F2N2O4S/c1-12-5-2-3-6-14(12)15-7-4-10-21(15)16-9-8-13(11-17(16)22(23)24)27(25,26)18(19)20/h2-3,5-6,8-9,11,15,18H,4,7,10H2,1H3. The first kappa shape index (κ1) is 19.2. The molecule has 1 unspecified atom stereocenters. The molecule has 1 aliphatic heterocycles. The molecule has 2 aromatic carbocycles. The van der Waals surface area contributed by atoms with Gasteiger partial charge in [-0.25, -0.2) is 8.42 Å². The minimum absolute atomic E-state index is 0.0949. The molecule has 0 aliphatic carbocycles. The fourth-order valence-corrected chi connectivity index (χ4v) is 4.25. The van der Waals surface area contributed by atoms with E-state index in [1.807, 2.05) is 36.1 Å². The van der Waals surface area contributed by atoms with E-state index >= 15 is 0 Å². The molecule has 27 heavy (non-hydrogen) atoms. The summed E-state index contributed by atoms with van der Waals surface area (Å²) in [6.07, 6.45) is 1.60. The van der Waals surface area contributed by atoms with E-state index in [-0.39, 0.29) is 11.7 Å². The first-order valence-electron chi connectivity index (χ1n) is 8.36. The van der Waals surface area contributed by atoms with E-state index < -0.39 is 31.1 Å². The zero-order chi connectivity index (χ0) is 19.8. The van der Waals surface area contributed by atoms with Crippen molar-refractivity contribution in [1.82, 2.24) is 0 Å². The van der Waals surface area contributed by atoms with Crippen molar-refractivity contribution in [3.05, 3.63) is 63.7 Å². The summed E-state index contributed by atoms with van der Waals surface area (Å²) in [6, 6.07) is 10.6. The lowest BCUT2D eigenvalue weighted by atomic mass is 9.99. The molecule has 0 spiro atoms. The lowest BCUT2D eigenvalue weighted by Gasteiger charge is -2.28. The molecule has 0 bridgehead atoms. The van der Waals surface area contributed by atoms with Crippen LogP contribution in [0.15, 0.2) is 47.4 Å². The Labute approximate surface area is 155 Å². The van der Waals surface area contributed by atoms with Crippen LogP contribution in [-0.4, -0.2) is 25.6 Å². The Morgan fingerprint density at radius 3 is 2.56 bits per heavy atom. The highest BCUT2D eigenvalue weighted by Crippen LogP contribution is 2.42. The molecule has 0 saturated carbocycles. The summed E-state index contributed by atoms with van der Waals surface area (Å²) in [5, 5.41) is 11.5. The van der Waals surface area contributed by atoms with Crippen molar-refractivity contribution in [2.45, 2.75) is 36.5 Å². The predicted molar refractivity (Wildman–Crippen MR) is 96.8 cm³/mol. The average molecular weight is 396 g/mol. The fraction of sp³-hybridized carbons (Fsp3) is 0.333. The number of nitro groups is 1. The van der Waals surface area contributed by atoms with Crippen LogP contribution in [0.3, 0.4) is 0 Å². The number of alkyl halides is 2. The van der Waals surface area contributed by atoms with Crippen LogP contribution in [-0.2, 0) is 9.84 Å². The van der Waals surface area contributed by atoms with Crippen molar-refractivity contribution < 1.29 is 22.1 Å². The number of hydrogen-bond donors (Lipinski definition) is 0. The van der Waals surface area contributed by atoms with Gasteiger partial charge in [0.05, 0.1) is 15.9 Å². The van der Waals surface area contributed by atoms with Crippen LogP contribution in [0, 0.1) is 17.0 Å². The second-order valence-electron chi connectivity index (χ2n) is 6.42. The van der Waals surface area contributed by atoms with Crippen LogP contribution >= 0.6 is 0 Å².